The maximum Gasteiger partial charge on any atom is 0.226 e. The first-order chi connectivity index (χ1) is 10.1. The highest BCUT2D eigenvalue weighted by atomic mass is 16.5. The van der Waals surface area contributed by atoms with Gasteiger partial charge >= 0.3 is 0 Å². The first-order valence-electron chi connectivity index (χ1n) is 7.67. The van der Waals surface area contributed by atoms with Gasteiger partial charge in [0, 0.05) is 19.1 Å². The van der Waals surface area contributed by atoms with Gasteiger partial charge in [0.15, 0.2) is 0 Å². The number of hydrogen-bond acceptors (Lipinski definition) is 4. The number of carbonyl (C=O) groups is 1. The van der Waals surface area contributed by atoms with Crippen molar-refractivity contribution in [2.45, 2.75) is 26.3 Å². The first kappa shape index (κ1) is 14.6. The molecule has 0 aliphatic carbocycles. The van der Waals surface area contributed by atoms with Crippen LogP contribution in [-0.4, -0.2) is 44.2 Å². The summed E-state index contributed by atoms with van der Waals surface area (Å²) in [6.07, 6.45) is 2.08. The minimum absolute atomic E-state index is 0.00973. The summed E-state index contributed by atoms with van der Waals surface area (Å²) in [6.45, 7) is 6.18. The summed E-state index contributed by atoms with van der Waals surface area (Å²) in [5, 5.41) is 3.03. The minimum atomic E-state index is 0.00973. The van der Waals surface area contributed by atoms with Crippen molar-refractivity contribution in [2.75, 3.05) is 33.4 Å². The maximum atomic E-state index is 12.0. The molecule has 1 amide bonds. The van der Waals surface area contributed by atoms with E-state index in [0.717, 1.165) is 50.5 Å². The number of hydrogen-bond donors (Lipinski definition) is 1. The van der Waals surface area contributed by atoms with Gasteiger partial charge in [-0.3, -0.25) is 9.69 Å². The second-order valence-corrected chi connectivity index (χ2v) is 6.38. The van der Waals surface area contributed by atoms with E-state index in [1.54, 1.807) is 7.11 Å². The molecule has 1 spiro atoms. The van der Waals surface area contributed by atoms with Gasteiger partial charge in [-0.25, -0.2) is 0 Å². The van der Waals surface area contributed by atoms with Crippen molar-refractivity contribution < 1.29 is 13.9 Å². The molecule has 2 saturated heterocycles. The zero-order chi connectivity index (χ0) is 14.9. The summed E-state index contributed by atoms with van der Waals surface area (Å²) in [6, 6.07) is 4.06. The van der Waals surface area contributed by atoms with Crippen LogP contribution in [-0.2, 0) is 16.1 Å². The molecular weight excluding hydrogens is 268 g/mol. The number of carbonyl (C=O) groups excluding carboxylic acids is 1. The van der Waals surface area contributed by atoms with Crippen LogP contribution in [0.25, 0.3) is 0 Å². The Balaban J connectivity index is 1.60. The number of nitrogens with one attached hydrogen (secondary N) is 1. The van der Waals surface area contributed by atoms with E-state index >= 15 is 0 Å². The molecule has 3 heterocycles. The number of furan rings is 1. The van der Waals surface area contributed by atoms with E-state index in [1.807, 2.05) is 19.1 Å². The molecule has 0 radical (unpaired) electrons. The van der Waals surface area contributed by atoms with Crippen molar-refractivity contribution in [3.05, 3.63) is 23.7 Å². The summed E-state index contributed by atoms with van der Waals surface area (Å²) < 4.78 is 10.9. The summed E-state index contributed by atoms with van der Waals surface area (Å²) in [5.41, 5.74) is 0.0860. The molecule has 1 aromatic rings. The Morgan fingerprint density at radius 3 is 2.81 bits per heavy atom. The van der Waals surface area contributed by atoms with E-state index in [1.165, 1.54) is 0 Å². The smallest absolute Gasteiger partial charge is 0.226 e. The van der Waals surface area contributed by atoms with Gasteiger partial charge in [0.05, 0.1) is 19.1 Å². The summed E-state index contributed by atoms with van der Waals surface area (Å²) in [5.74, 6) is 2.16. The fourth-order valence-electron chi connectivity index (χ4n) is 3.68. The van der Waals surface area contributed by atoms with Crippen molar-refractivity contribution in [1.29, 1.82) is 0 Å². The monoisotopic (exact) mass is 292 g/mol. The number of piperidine rings is 1. The molecule has 3 rings (SSSR count). The van der Waals surface area contributed by atoms with E-state index in [4.69, 9.17) is 9.15 Å². The Hall–Kier alpha value is -1.33. The first-order valence-corrected chi connectivity index (χ1v) is 7.67. The number of methoxy groups -OCH3 is 1. The number of nitrogens with zero attached hydrogens (tertiary/aromatic N) is 1. The van der Waals surface area contributed by atoms with E-state index in [2.05, 4.69) is 10.2 Å². The lowest BCUT2D eigenvalue weighted by Crippen LogP contribution is -2.45. The van der Waals surface area contributed by atoms with Crippen LogP contribution < -0.4 is 5.32 Å². The number of aryl methyl sites for hydroxylation is 1. The van der Waals surface area contributed by atoms with Crippen molar-refractivity contribution in [2.24, 2.45) is 11.3 Å². The fraction of sp³-hybridized carbons (Fsp3) is 0.688. The molecule has 1 N–H and O–H groups in total. The molecule has 0 unspecified atom stereocenters. The SMILES string of the molecule is COC[C@H]1C(=O)NCC12CCN(Cc1ccc(C)o1)CC2. The van der Waals surface area contributed by atoms with Gasteiger partial charge in [0.1, 0.15) is 11.5 Å². The highest BCUT2D eigenvalue weighted by Gasteiger charge is 2.49. The molecular formula is C16H24N2O3. The zero-order valence-electron chi connectivity index (χ0n) is 12.9. The van der Waals surface area contributed by atoms with Crippen LogP contribution >= 0.6 is 0 Å². The van der Waals surface area contributed by atoms with Gasteiger partial charge in [0.2, 0.25) is 5.91 Å². The van der Waals surface area contributed by atoms with Gasteiger partial charge in [-0.05, 0) is 45.0 Å². The average Bonchev–Trinajstić information content (AvgIpc) is 3.01. The highest BCUT2D eigenvalue weighted by molar-refractivity contribution is 5.82. The van der Waals surface area contributed by atoms with Gasteiger partial charge in [-0.1, -0.05) is 0 Å². The number of rotatable bonds is 4. The predicted octanol–water partition coefficient (Wildman–Crippen LogP) is 1.56. The topological polar surface area (TPSA) is 54.7 Å². The third-order valence-corrected chi connectivity index (χ3v) is 5.03. The Labute approximate surface area is 125 Å². The van der Waals surface area contributed by atoms with Crippen molar-refractivity contribution in [3.8, 4) is 0 Å². The van der Waals surface area contributed by atoms with Crippen LogP contribution in [0.5, 0.6) is 0 Å². The fourth-order valence-corrected chi connectivity index (χ4v) is 3.68. The van der Waals surface area contributed by atoms with Crippen LogP contribution in [0.1, 0.15) is 24.4 Å². The molecule has 2 fully saturated rings. The predicted molar refractivity (Wildman–Crippen MR) is 78.8 cm³/mol. The van der Waals surface area contributed by atoms with Gasteiger partial charge in [-0.15, -0.1) is 0 Å². The van der Waals surface area contributed by atoms with E-state index < -0.39 is 0 Å². The molecule has 5 heteroatoms. The van der Waals surface area contributed by atoms with Crippen LogP contribution in [0.4, 0.5) is 0 Å². The molecule has 0 bridgehead atoms. The molecule has 2 aliphatic rings. The standard InChI is InChI=1S/C16H24N2O3/c1-12-3-4-13(21-12)9-18-7-5-16(6-8-18)11-17-15(19)14(16)10-20-2/h3-4,14H,5-11H2,1-2H3,(H,17,19)/t14-/m0/s1. The maximum absolute atomic E-state index is 12.0. The normalized spacial score (nSPS) is 25.4. The molecule has 1 aromatic heterocycles. The average molecular weight is 292 g/mol. The van der Waals surface area contributed by atoms with Crippen LogP contribution in [0.3, 0.4) is 0 Å². The zero-order valence-corrected chi connectivity index (χ0v) is 12.9. The number of ether oxygens (including phenoxy) is 1. The Morgan fingerprint density at radius 1 is 1.43 bits per heavy atom. The van der Waals surface area contributed by atoms with Crippen molar-refractivity contribution in [3.63, 3.8) is 0 Å². The summed E-state index contributed by atoms with van der Waals surface area (Å²) >= 11 is 0. The lowest BCUT2D eigenvalue weighted by Gasteiger charge is -2.41. The van der Waals surface area contributed by atoms with Crippen molar-refractivity contribution >= 4 is 5.91 Å². The Bertz CT molecular complexity index is 503. The summed E-state index contributed by atoms with van der Waals surface area (Å²) in [4.78, 5) is 14.4. The molecule has 1 atom stereocenters. The second-order valence-electron chi connectivity index (χ2n) is 6.38. The minimum Gasteiger partial charge on any atom is -0.465 e. The van der Waals surface area contributed by atoms with Gasteiger partial charge in [0.25, 0.3) is 0 Å². The van der Waals surface area contributed by atoms with Gasteiger partial charge < -0.3 is 14.5 Å². The van der Waals surface area contributed by atoms with Gasteiger partial charge in [-0.2, -0.15) is 0 Å². The molecule has 0 saturated carbocycles. The summed E-state index contributed by atoms with van der Waals surface area (Å²) in [7, 11) is 1.67. The quantitative estimate of drug-likeness (QED) is 0.915. The van der Waals surface area contributed by atoms with Crippen LogP contribution in [0, 0.1) is 18.3 Å². The highest BCUT2D eigenvalue weighted by Crippen LogP contribution is 2.42. The van der Waals surface area contributed by atoms with E-state index in [-0.39, 0.29) is 17.2 Å². The molecule has 5 nitrogen and oxygen atoms in total. The second kappa shape index (κ2) is 5.81. The molecule has 116 valence electrons. The number of likely N-dealkylation sites (tertiary alicyclic amines) is 1. The Morgan fingerprint density at radius 2 is 2.19 bits per heavy atom. The Kier molecular flexibility index (Phi) is 4.04. The number of amides is 1. The van der Waals surface area contributed by atoms with Crippen LogP contribution in [0.2, 0.25) is 0 Å². The third-order valence-electron chi connectivity index (χ3n) is 5.03. The van der Waals surface area contributed by atoms with Crippen LogP contribution in [0.15, 0.2) is 16.5 Å². The molecule has 0 aromatic carbocycles. The van der Waals surface area contributed by atoms with E-state index in [0.29, 0.717) is 6.61 Å². The molecule has 2 aliphatic heterocycles. The largest absolute Gasteiger partial charge is 0.465 e. The molecule has 21 heavy (non-hydrogen) atoms. The lowest BCUT2D eigenvalue weighted by molar-refractivity contribution is -0.126. The van der Waals surface area contributed by atoms with Crippen molar-refractivity contribution in [1.82, 2.24) is 10.2 Å². The van der Waals surface area contributed by atoms with E-state index in [9.17, 15) is 4.79 Å². The lowest BCUT2D eigenvalue weighted by atomic mass is 9.71. The third kappa shape index (κ3) is 2.85.